The van der Waals surface area contributed by atoms with Gasteiger partial charge in [-0.2, -0.15) is 0 Å². The average Bonchev–Trinajstić information content (AvgIpc) is 3.33. The molecule has 1 fully saturated rings. The van der Waals surface area contributed by atoms with Crippen molar-refractivity contribution in [1.82, 2.24) is 9.47 Å². The molecule has 0 aliphatic carbocycles. The lowest BCUT2D eigenvalue weighted by atomic mass is 10.1. The number of likely N-dealkylation sites (N-methyl/N-ethyl adjacent to an activating group) is 1. The minimum Gasteiger partial charge on any atom is -0.494 e. The average molecular weight is 482 g/mol. The summed E-state index contributed by atoms with van der Waals surface area (Å²) >= 11 is 5.61. The Bertz CT molecular complexity index is 1410. The second-order valence-corrected chi connectivity index (χ2v) is 9.02. The fraction of sp³-hybridized carbons (Fsp3) is 0.172. The number of rotatable bonds is 7. The Hall–Kier alpha value is -3.90. The van der Waals surface area contributed by atoms with Gasteiger partial charge in [0.05, 0.1) is 12.3 Å². The van der Waals surface area contributed by atoms with Crippen LogP contribution in [0, 0.1) is 6.92 Å². The standard InChI is InChI=1S/C29H27N3O2S/c1-21-13-15-24(16-14-21)34-18-8-17-31-20-22(25-11-6-7-12-26(25)31)19-27-28(33)32(29(35)30(27)2)23-9-4-3-5-10-23/h3-7,9-16,19-20H,8,17-18H2,1-2H3/b27-19-. The number of carbonyl (C=O) groups excluding carboxylic acids is 1. The van der Waals surface area contributed by atoms with Gasteiger partial charge >= 0.3 is 0 Å². The summed E-state index contributed by atoms with van der Waals surface area (Å²) < 4.78 is 8.14. The zero-order valence-electron chi connectivity index (χ0n) is 19.8. The smallest absolute Gasteiger partial charge is 0.281 e. The third kappa shape index (κ3) is 4.57. The van der Waals surface area contributed by atoms with Crippen LogP contribution in [-0.4, -0.2) is 34.1 Å². The molecule has 1 aliphatic heterocycles. The third-order valence-corrected chi connectivity index (χ3v) is 6.68. The van der Waals surface area contributed by atoms with Gasteiger partial charge in [0.1, 0.15) is 11.4 Å². The van der Waals surface area contributed by atoms with Crippen LogP contribution in [0.1, 0.15) is 17.5 Å². The first-order valence-electron chi connectivity index (χ1n) is 11.7. The van der Waals surface area contributed by atoms with Gasteiger partial charge in [-0.15, -0.1) is 0 Å². The molecule has 0 atom stereocenters. The van der Waals surface area contributed by atoms with Gasteiger partial charge in [0, 0.05) is 36.3 Å². The second-order valence-electron chi connectivity index (χ2n) is 8.66. The van der Waals surface area contributed by atoms with Crippen molar-refractivity contribution in [2.75, 3.05) is 18.6 Å². The molecule has 0 saturated carbocycles. The molecule has 176 valence electrons. The van der Waals surface area contributed by atoms with Gasteiger partial charge in [-0.3, -0.25) is 9.69 Å². The maximum atomic E-state index is 13.3. The SMILES string of the molecule is Cc1ccc(OCCCn2cc(/C=C3/C(=O)N(c4ccccc4)C(=S)N3C)c3ccccc32)cc1. The lowest BCUT2D eigenvalue weighted by Gasteiger charge is -2.16. The zero-order valence-corrected chi connectivity index (χ0v) is 20.7. The number of benzene rings is 3. The molecule has 2 heterocycles. The van der Waals surface area contributed by atoms with E-state index >= 15 is 0 Å². The number of amides is 1. The van der Waals surface area contributed by atoms with E-state index in [0.29, 0.717) is 17.4 Å². The maximum absolute atomic E-state index is 13.3. The Morgan fingerprint density at radius 3 is 2.43 bits per heavy atom. The number of thiocarbonyl (C=S) groups is 1. The number of aromatic nitrogens is 1. The van der Waals surface area contributed by atoms with Gasteiger partial charge in [0.25, 0.3) is 5.91 Å². The van der Waals surface area contributed by atoms with Gasteiger partial charge in [0.2, 0.25) is 0 Å². The molecule has 5 rings (SSSR count). The van der Waals surface area contributed by atoms with Gasteiger partial charge in [-0.05, 0) is 62.0 Å². The maximum Gasteiger partial charge on any atom is 0.281 e. The number of para-hydroxylation sites is 2. The summed E-state index contributed by atoms with van der Waals surface area (Å²) in [7, 11) is 1.84. The molecule has 35 heavy (non-hydrogen) atoms. The van der Waals surface area contributed by atoms with Gasteiger partial charge in [-0.1, -0.05) is 54.1 Å². The summed E-state index contributed by atoms with van der Waals surface area (Å²) in [5, 5.41) is 1.58. The van der Waals surface area contributed by atoms with Crippen LogP contribution in [0.25, 0.3) is 17.0 Å². The van der Waals surface area contributed by atoms with Crippen molar-refractivity contribution in [3.05, 3.63) is 102 Å². The Morgan fingerprint density at radius 1 is 0.943 bits per heavy atom. The summed E-state index contributed by atoms with van der Waals surface area (Å²) in [5.74, 6) is 0.770. The first-order chi connectivity index (χ1) is 17.0. The number of ether oxygens (including phenoxy) is 1. The Balaban J connectivity index is 1.37. The van der Waals surface area contributed by atoms with Crippen LogP contribution in [0.5, 0.6) is 5.75 Å². The number of hydrogen-bond acceptors (Lipinski definition) is 3. The minimum absolute atomic E-state index is 0.118. The van der Waals surface area contributed by atoms with Crippen molar-refractivity contribution in [2.24, 2.45) is 0 Å². The topological polar surface area (TPSA) is 37.7 Å². The third-order valence-electron chi connectivity index (χ3n) is 6.22. The molecule has 0 unspecified atom stereocenters. The van der Waals surface area contributed by atoms with Crippen molar-refractivity contribution in [2.45, 2.75) is 19.9 Å². The quantitative estimate of drug-likeness (QED) is 0.184. The summed E-state index contributed by atoms with van der Waals surface area (Å²) in [4.78, 5) is 16.7. The van der Waals surface area contributed by atoms with E-state index in [0.717, 1.165) is 40.9 Å². The number of aryl methyl sites for hydroxylation is 2. The Labute approximate surface area is 210 Å². The van der Waals surface area contributed by atoms with Crippen LogP contribution >= 0.6 is 12.2 Å². The van der Waals surface area contributed by atoms with Crippen molar-refractivity contribution >= 4 is 45.9 Å². The highest BCUT2D eigenvalue weighted by Crippen LogP contribution is 2.30. The van der Waals surface area contributed by atoms with Crippen LogP contribution in [0.15, 0.2) is 90.8 Å². The summed E-state index contributed by atoms with van der Waals surface area (Å²) in [5.41, 5.74) is 4.67. The number of fused-ring (bicyclic) bond motifs is 1. The first kappa shape index (κ1) is 22.9. The lowest BCUT2D eigenvalue weighted by molar-refractivity contribution is -0.114. The predicted molar refractivity (Wildman–Crippen MR) is 145 cm³/mol. The van der Waals surface area contributed by atoms with E-state index in [4.69, 9.17) is 17.0 Å². The molecule has 0 bridgehead atoms. The summed E-state index contributed by atoms with van der Waals surface area (Å²) in [6.45, 7) is 3.51. The van der Waals surface area contributed by atoms with Gasteiger partial charge in [-0.25, -0.2) is 0 Å². The van der Waals surface area contributed by atoms with Crippen LogP contribution in [0.4, 0.5) is 5.69 Å². The molecule has 0 radical (unpaired) electrons. The molecule has 0 spiro atoms. The molecular weight excluding hydrogens is 454 g/mol. The molecule has 1 amide bonds. The van der Waals surface area contributed by atoms with Gasteiger partial charge in [0.15, 0.2) is 5.11 Å². The second kappa shape index (κ2) is 9.76. The highest BCUT2D eigenvalue weighted by Gasteiger charge is 2.36. The number of nitrogens with zero attached hydrogens (tertiary/aromatic N) is 3. The van der Waals surface area contributed by atoms with E-state index in [1.165, 1.54) is 5.56 Å². The van der Waals surface area contributed by atoms with E-state index in [1.807, 2.05) is 67.7 Å². The lowest BCUT2D eigenvalue weighted by Crippen LogP contribution is -2.30. The van der Waals surface area contributed by atoms with E-state index in [-0.39, 0.29) is 5.91 Å². The molecule has 0 N–H and O–H groups in total. The monoisotopic (exact) mass is 481 g/mol. The van der Waals surface area contributed by atoms with E-state index in [9.17, 15) is 4.79 Å². The van der Waals surface area contributed by atoms with Crippen molar-refractivity contribution in [3.8, 4) is 5.75 Å². The molecule has 1 aliphatic rings. The normalized spacial score (nSPS) is 15.0. The highest BCUT2D eigenvalue weighted by atomic mass is 32.1. The van der Waals surface area contributed by atoms with Crippen LogP contribution in [0.3, 0.4) is 0 Å². The van der Waals surface area contributed by atoms with Crippen LogP contribution in [-0.2, 0) is 11.3 Å². The largest absolute Gasteiger partial charge is 0.494 e. The fourth-order valence-electron chi connectivity index (χ4n) is 4.34. The minimum atomic E-state index is -0.118. The van der Waals surface area contributed by atoms with E-state index < -0.39 is 0 Å². The molecular formula is C29H27N3O2S. The molecule has 1 saturated heterocycles. The molecule has 6 heteroatoms. The summed E-state index contributed by atoms with van der Waals surface area (Å²) in [6.07, 6.45) is 4.92. The molecule has 3 aromatic carbocycles. The Morgan fingerprint density at radius 2 is 1.66 bits per heavy atom. The van der Waals surface area contributed by atoms with Crippen LogP contribution in [0.2, 0.25) is 0 Å². The van der Waals surface area contributed by atoms with Crippen molar-refractivity contribution in [3.63, 3.8) is 0 Å². The predicted octanol–water partition coefficient (Wildman–Crippen LogP) is 6.02. The number of carbonyl (C=O) groups is 1. The first-order valence-corrected chi connectivity index (χ1v) is 12.1. The highest BCUT2D eigenvalue weighted by molar-refractivity contribution is 7.80. The van der Waals surface area contributed by atoms with E-state index in [1.54, 1.807) is 9.80 Å². The molecule has 1 aromatic heterocycles. The number of hydrogen-bond donors (Lipinski definition) is 0. The fourth-order valence-corrected chi connectivity index (χ4v) is 4.63. The van der Waals surface area contributed by atoms with E-state index in [2.05, 4.69) is 42.0 Å². The van der Waals surface area contributed by atoms with Gasteiger partial charge < -0.3 is 14.2 Å². The summed E-state index contributed by atoms with van der Waals surface area (Å²) in [6, 6.07) is 25.9. The Kier molecular flexibility index (Phi) is 6.38. The zero-order chi connectivity index (χ0) is 24.4. The number of anilines is 1. The van der Waals surface area contributed by atoms with Crippen molar-refractivity contribution < 1.29 is 9.53 Å². The molecule has 4 aromatic rings. The van der Waals surface area contributed by atoms with Crippen molar-refractivity contribution in [1.29, 1.82) is 0 Å². The van der Waals surface area contributed by atoms with Crippen LogP contribution < -0.4 is 9.64 Å². The molecule has 5 nitrogen and oxygen atoms in total.